The van der Waals surface area contributed by atoms with Crippen molar-refractivity contribution in [2.45, 2.75) is 6.92 Å². The van der Waals surface area contributed by atoms with Gasteiger partial charge in [-0.1, -0.05) is 23.3 Å². The van der Waals surface area contributed by atoms with Crippen LogP contribution in [0.25, 0.3) is 0 Å². The number of rotatable bonds is 6. The second-order valence-electron chi connectivity index (χ2n) is 4.26. The van der Waals surface area contributed by atoms with Gasteiger partial charge in [0.25, 0.3) is 0 Å². The molecule has 0 aliphatic carbocycles. The lowest BCUT2D eigenvalue weighted by atomic mass is 10.3. The van der Waals surface area contributed by atoms with Gasteiger partial charge in [0.05, 0.1) is 6.54 Å². The molecule has 21 heavy (non-hydrogen) atoms. The number of carboxylic acids is 1. The van der Waals surface area contributed by atoms with Crippen LogP contribution < -0.4 is 10.2 Å². The molecule has 0 unspecified atom stereocenters. The summed E-state index contributed by atoms with van der Waals surface area (Å²) >= 11 is 0. The number of carbonyl (C=O) groups is 2. The molecule has 1 aromatic carbocycles. The maximum atomic E-state index is 11.9. The van der Waals surface area contributed by atoms with Gasteiger partial charge in [0.2, 0.25) is 11.8 Å². The molecular formula is C13H14N4O4. The molecule has 2 aromatic rings. The fourth-order valence-electron chi connectivity index (χ4n) is 1.72. The largest absolute Gasteiger partial charge is 0.480 e. The zero-order valence-electron chi connectivity index (χ0n) is 11.3. The van der Waals surface area contributed by atoms with Crippen LogP contribution >= 0.6 is 0 Å². The van der Waals surface area contributed by atoms with E-state index in [-0.39, 0.29) is 19.1 Å². The first kappa shape index (κ1) is 14.5. The third kappa shape index (κ3) is 4.30. The van der Waals surface area contributed by atoms with Crippen LogP contribution in [0.5, 0.6) is 0 Å². The Bertz CT molecular complexity index is 626. The number of aryl methyl sites for hydroxylation is 1. The van der Waals surface area contributed by atoms with Crippen LogP contribution in [0.1, 0.15) is 5.89 Å². The predicted molar refractivity (Wildman–Crippen MR) is 74.0 cm³/mol. The van der Waals surface area contributed by atoms with Crippen LogP contribution in [0.15, 0.2) is 34.7 Å². The number of nitrogens with zero attached hydrogens (tertiary/aromatic N) is 3. The van der Waals surface area contributed by atoms with Crippen molar-refractivity contribution in [3.63, 3.8) is 0 Å². The van der Waals surface area contributed by atoms with Crippen molar-refractivity contribution in [2.24, 2.45) is 0 Å². The van der Waals surface area contributed by atoms with E-state index in [0.29, 0.717) is 11.6 Å². The van der Waals surface area contributed by atoms with E-state index in [2.05, 4.69) is 15.5 Å². The smallest absolute Gasteiger partial charge is 0.323 e. The molecule has 0 aliphatic rings. The second-order valence-corrected chi connectivity index (χ2v) is 4.26. The molecule has 2 rings (SSSR count). The molecule has 0 saturated heterocycles. The molecule has 8 nitrogen and oxygen atoms in total. The quantitative estimate of drug-likeness (QED) is 0.813. The van der Waals surface area contributed by atoms with Crippen molar-refractivity contribution in [3.8, 4) is 0 Å². The van der Waals surface area contributed by atoms with Gasteiger partial charge in [-0.25, -0.2) is 0 Å². The highest BCUT2D eigenvalue weighted by molar-refractivity contribution is 5.93. The average Bonchev–Trinajstić information content (AvgIpc) is 2.83. The lowest BCUT2D eigenvalue weighted by Gasteiger charge is -2.21. The highest BCUT2D eigenvalue weighted by atomic mass is 16.4. The summed E-state index contributed by atoms with van der Waals surface area (Å²) in [7, 11) is 0. The first-order valence-electron chi connectivity index (χ1n) is 6.16. The van der Waals surface area contributed by atoms with Gasteiger partial charge in [-0.2, -0.15) is 0 Å². The molecule has 8 heteroatoms. The van der Waals surface area contributed by atoms with E-state index in [9.17, 15) is 9.59 Å². The molecule has 110 valence electrons. The van der Waals surface area contributed by atoms with Crippen molar-refractivity contribution >= 4 is 23.6 Å². The van der Waals surface area contributed by atoms with Crippen LogP contribution in [0.3, 0.4) is 0 Å². The number of nitrogens with one attached hydrogen (secondary N) is 1. The summed E-state index contributed by atoms with van der Waals surface area (Å²) in [6.07, 6.45) is 0. The zero-order chi connectivity index (χ0) is 15.2. The van der Waals surface area contributed by atoms with Gasteiger partial charge < -0.3 is 14.4 Å². The van der Waals surface area contributed by atoms with Gasteiger partial charge >= 0.3 is 12.0 Å². The summed E-state index contributed by atoms with van der Waals surface area (Å²) in [5, 5.41) is 18.6. The van der Waals surface area contributed by atoms with Gasteiger partial charge in [0, 0.05) is 12.6 Å². The third-order valence-electron chi connectivity index (χ3n) is 2.55. The molecule has 0 saturated carbocycles. The Morgan fingerprint density at radius 3 is 2.52 bits per heavy atom. The van der Waals surface area contributed by atoms with E-state index in [1.807, 2.05) is 6.07 Å². The standard InChI is InChI=1S/C13H14N4O4/c1-9-15-16-13(21-9)14-11(18)7-17(8-12(19)20)10-5-3-2-4-6-10/h2-6H,7-8H2,1H3,(H,19,20)(H,14,16,18). The Morgan fingerprint density at radius 2 is 1.95 bits per heavy atom. The van der Waals surface area contributed by atoms with Crippen LogP contribution in [0, 0.1) is 6.92 Å². The van der Waals surface area contributed by atoms with Gasteiger partial charge in [0.15, 0.2) is 0 Å². The number of aliphatic carboxylic acids is 1. The number of hydrogen-bond donors (Lipinski definition) is 2. The number of anilines is 2. The fourth-order valence-corrected chi connectivity index (χ4v) is 1.72. The van der Waals surface area contributed by atoms with Crippen LogP contribution in [-0.4, -0.2) is 40.3 Å². The minimum atomic E-state index is -1.03. The molecule has 0 fully saturated rings. The van der Waals surface area contributed by atoms with Crippen molar-refractivity contribution in [2.75, 3.05) is 23.3 Å². The van der Waals surface area contributed by atoms with E-state index in [0.717, 1.165) is 0 Å². The van der Waals surface area contributed by atoms with E-state index in [1.165, 1.54) is 4.90 Å². The van der Waals surface area contributed by atoms with Gasteiger partial charge in [-0.05, 0) is 12.1 Å². The van der Waals surface area contributed by atoms with E-state index >= 15 is 0 Å². The highest BCUT2D eigenvalue weighted by Gasteiger charge is 2.16. The van der Waals surface area contributed by atoms with Gasteiger partial charge in [0.1, 0.15) is 6.54 Å². The minimum absolute atomic E-state index is 0.0131. The Balaban J connectivity index is 2.04. The monoisotopic (exact) mass is 290 g/mol. The average molecular weight is 290 g/mol. The van der Waals surface area contributed by atoms with Crippen LogP contribution in [-0.2, 0) is 9.59 Å². The molecule has 1 amide bonds. The topological polar surface area (TPSA) is 109 Å². The first-order valence-corrected chi connectivity index (χ1v) is 6.16. The Morgan fingerprint density at radius 1 is 1.24 bits per heavy atom. The molecule has 1 heterocycles. The molecular weight excluding hydrogens is 276 g/mol. The number of amides is 1. The van der Waals surface area contributed by atoms with Crippen LogP contribution in [0.4, 0.5) is 11.7 Å². The van der Waals surface area contributed by atoms with E-state index in [1.54, 1.807) is 31.2 Å². The third-order valence-corrected chi connectivity index (χ3v) is 2.55. The number of aromatic nitrogens is 2. The summed E-state index contributed by atoms with van der Waals surface area (Å²) in [6, 6.07) is 8.79. The number of para-hydroxylation sites is 1. The lowest BCUT2D eigenvalue weighted by molar-refractivity contribution is -0.135. The molecule has 0 radical (unpaired) electrons. The molecule has 0 atom stereocenters. The number of carbonyl (C=O) groups excluding carboxylic acids is 1. The minimum Gasteiger partial charge on any atom is -0.480 e. The van der Waals surface area contributed by atoms with Crippen molar-refractivity contribution in [1.29, 1.82) is 0 Å². The molecule has 0 bridgehead atoms. The lowest BCUT2D eigenvalue weighted by Crippen LogP contribution is -2.37. The first-order chi connectivity index (χ1) is 10.0. The van der Waals surface area contributed by atoms with Crippen molar-refractivity contribution in [3.05, 3.63) is 36.2 Å². The maximum absolute atomic E-state index is 11.9. The summed E-state index contributed by atoms with van der Waals surface area (Å²) in [5.74, 6) is -1.14. The van der Waals surface area contributed by atoms with Crippen molar-refractivity contribution < 1.29 is 19.1 Å². The zero-order valence-corrected chi connectivity index (χ0v) is 11.3. The van der Waals surface area contributed by atoms with Crippen LogP contribution in [0.2, 0.25) is 0 Å². The van der Waals surface area contributed by atoms with Crippen molar-refractivity contribution in [1.82, 2.24) is 10.2 Å². The summed E-state index contributed by atoms with van der Waals surface area (Å²) in [5.41, 5.74) is 0.636. The Hall–Kier alpha value is -2.90. The maximum Gasteiger partial charge on any atom is 0.323 e. The summed E-state index contributed by atoms with van der Waals surface area (Å²) in [4.78, 5) is 24.3. The Kier molecular flexibility index (Phi) is 4.50. The molecule has 0 aliphatic heterocycles. The highest BCUT2D eigenvalue weighted by Crippen LogP contribution is 2.13. The second kappa shape index (κ2) is 6.51. The normalized spacial score (nSPS) is 10.1. The predicted octanol–water partition coefficient (Wildman–Crippen LogP) is 0.908. The van der Waals surface area contributed by atoms with Gasteiger partial charge in [-0.15, -0.1) is 5.10 Å². The fraction of sp³-hybridized carbons (Fsp3) is 0.231. The number of carboxylic acid groups (broad SMARTS) is 1. The number of hydrogen-bond acceptors (Lipinski definition) is 6. The summed E-state index contributed by atoms with van der Waals surface area (Å²) < 4.78 is 5.03. The SMILES string of the molecule is Cc1nnc(NC(=O)CN(CC(=O)O)c2ccccc2)o1. The Labute approximate surface area is 120 Å². The molecule has 1 aromatic heterocycles. The molecule has 2 N–H and O–H groups in total. The summed E-state index contributed by atoms with van der Waals surface area (Å²) in [6.45, 7) is 1.17. The van der Waals surface area contributed by atoms with E-state index in [4.69, 9.17) is 9.52 Å². The van der Waals surface area contributed by atoms with E-state index < -0.39 is 11.9 Å². The molecule has 0 spiro atoms. The number of benzene rings is 1. The van der Waals surface area contributed by atoms with Gasteiger partial charge in [-0.3, -0.25) is 14.9 Å².